The van der Waals surface area contributed by atoms with Crippen LogP contribution in [0.1, 0.15) is 12.8 Å². The summed E-state index contributed by atoms with van der Waals surface area (Å²) in [5, 5.41) is 2.88. The van der Waals surface area contributed by atoms with E-state index in [2.05, 4.69) is 20.3 Å². The van der Waals surface area contributed by atoms with Gasteiger partial charge in [0.25, 0.3) is 0 Å². The minimum Gasteiger partial charge on any atom is -0.424 e. The molecule has 1 fully saturated rings. The van der Waals surface area contributed by atoms with Crippen molar-refractivity contribution in [2.75, 3.05) is 18.4 Å². The largest absolute Gasteiger partial charge is 0.424 e. The molecule has 1 saturated heterocycles. The number of amides is 1. The number of ether oxygens (including phenoxy) is 1. The van der Waals surface area contributed by atoms with E-state index in [4.69, 9.17) is 4.74 Å². The highest BCUT2D eigenvalue weighted by Crippen LogP contribution is 2.25. The Hall–Kier alpha value is -3.37. The number of piperidine rings is 1. The fraction of sp³-hybridized carbons (Fsp3) is 0.238. The van der Waals surface area contributed by atoms with E-state index in [-0.39, 0.29) is 22.7 Å². The van der Waals surface area contributed by atoms with E-state index in [1.807, 2.05) is 0 Å². The van der Waals surface area contributed by atoms with E-state index in [9.17, 15) is 13.2 Å². The molecule has 1 amide bonds. The molecule has 2 aromatic heterocycles. The van der Waals surface area contributed by atoms with Crippen LogP contribution in [0.3, 0.4) is 0 Å². The number of pyridine rings is 1. The van der Waals surface area contributed by atoms with Crippen LogP contribution in [0.15, 0.2) is 72.1 Å². The average molecular weight is 439 g/mol. The van der Waals surface area contributed by atoms with Gasteiger partial charge in [-0.1, -0.05) is 0 Å². The van der Waals surface area contributed by atoms with Gasteiger partial charge in [0.2, 0.25) is 15.9 Å². The van der Waals surface area contributed by atoms with Crippen LogP contribution in [-0.2, 0) is 14.8 Å². The summed E-state index contributed by atoms with van der Waals surface area (Å²) in [6, 6.07) is 12.0. The number of anilines is 1. The van der Waals surface area contributed by atoms with Gasteiger partial charge in [-0.2, -0.15) is 4.31 Å². The minimum atomic E-state index is -3.59. The van der Waals surface area contributed by atoms with Crippen LogP contribution in [0.4, 0.5) is 5.69 Å². The van der Waals surface area contributed by atoms with Crippen LogP contribution in [0.25, 0.3) is 0 Å². The summed E-state index contributed by atoms with van der Waals surface area (Å²) in [5.41, 5.74) is 0.636. The van der Waals surface area contributed by atoms with Crippen molar-refractivity contribution in [3.63, 3.8) is 0 Å². The first kappa shape index (κ1) is 20.9. The summed E-state index contributed by atoms with van der Waals surface area (Å²) in [4.78, 5) is 24.7. The lowest BCUT2D eigenvalue weighted by Crippen LogP contribution is -2.41. The Morgan fingerprint density at radius 1 is 1.00 bits per heavy atom. The topological polar surface area (TPSA) is 114 Å². The zero-order chi connectivity index (χ0) is 21.7. The zero-order valence-corrected chi connectivity index (χ0v) is 17.4. The molecule has 10 heteroatoms. The third-order valence-corrected chi connectivity index (χ3v) is 6.85. The highest BCUT2D eigenvalue weighted by Gasteiger charge is 2.32. The maximum atomic E-state index is 12.7. The van der Waals surface area contributed by atoms with Gasteiger partial charge in [0.15, 0.2) is 0 Å². The fourth-order valence-corrected chi connectivity index (χ4v) is 4.74. The molecule has 3 aromatic rings. The molecule has 0 atom stereocenters. The van der Waals surface area contributed by atoms with Gasteiger partial charge in [-0.15, -0.1) is 0 Å². The molecule has 0 radical (unpaired) electrons. The predicted octanol–water partition coefficient (Wildman–Crippen LogP) is 2.70. The number of benzene rings is 1. The van der Waals surface area contributed by atoms with E-state index < -0.39 is 10.0 Å². The maximum Gasteiger partial charge on any atom is 0.321 e. The summed E-state index contributed by atoms with van der Waals surface area (Å²) in [6.07, 6.45) is 6.96. The molecule has 1 aliphatic heterocycles. The molecule has 160 valence electrons. The Balaban J connectivity index is 1.31. The molecule has 1 aromatic carbocycles. The van der Waals surface area contributed by atoms with Crippen molar-refractivity contribution < 1.29 is 17.9 Å². The highest BCUT2D eigenvalue weighted by molar-refractivity contribution is 7.89. The Morgan fingerprint density at radius 3 is 2.35 bits per heavy atom. The van der Waals surface area contributed by atoms with Gasteiger partial charge in [-0.3, -0.25) is 9.78 Å². The third kappa shape index (κ3) is 5.04. The fourth-order valence-electron chi connectivity index (χ4n) is 3.30. The second kappa shape index (κ2) is 9.19. The summed E-state index contributed by atoms with van der Waals surface area (Å²) >= 11 is 0. The smallest absolute Gasteiger partial charge is 0.321 e. The van der Waals surface area contributed by atoms with Crippen LogP contribution in [0, 0.1) is 5.92 Å². The maximum absolute atomic E-state index is 12.7. The van der Waals surface area contributed by atoms with E-state index >= 15 is 0 Å². The number of aromatic nitrogens is 3. The van der Waals surface area contributed by atoms with E-state index in [0.717, 1.165) is 0 Å². The summed E-state index contributed by atoms with van der Waals surface area (Å²) in [7, 11) is -3.59. The van der Waals surface area contributed by atoms with E-state index in [0.29, 0.717) is 37.4 Å². The second-order valence-electron chi connectivity index (χ2n) is 7.01. The Morgan fingerprint density at radius 2 is 1.71 bits per heavy atom. The van der Waals surface area contributed by atoms with Gasteiger partial charge in [0.05, 0.1) is 0 Å². The normalized spacial score (nSPS) is 15.4. The number of sulfonamides is 1. The lowest BCUT2D eigenvalue weighted by molar-refractivity contribution is -0.120. The molecule has 9 nitrogen and oxygen atoms in total. The number of carbonyl (C=O) groups excluding carboxylic acids is 1. The Kier molecular flexibility index (Phi) is 6.19. The van der Waals surface area contributed by atoms with Gasteiger partial charge in [0, 0.05) is 49.5 Å². The van der Waals surface area contributed by atoms with Gasteiger partial charge < -0.3 is 10.1 Å². The van der Waals surface area contributed by atoms with Crippen molar-refractivity contribution in [3.8, 4) is 11.8 Å². The number of nitrogens with one attached hydrogen (secondary N) is 1. The van der Waals surface area contributed by atoms with Crippen molar-refractivity contribution in [1.82, 2.24) is 19.3 Å². The van der Waals surface area contributed by atoms with Crippen molar-refractivity contribution in [2.45, 2.75) is 17.7 Å². The number of rotatable bonds is 6. The molecule has 3 heterocycles. The Bertz CT molecular complexity index is 1120. The molecule has 0 spiro atoms. The molecule has 1 N–H and O–H groups in total. The molecule has 31 heavy (non-hydrogen) atoms. The highest BCUT2D eigenvalue weighted by atomic mass is 32.2. The Labute approximate surface area is 180 Å². The molecule has 0 aliphatic carbocycles. The first-order chi connectivity index (χ1) is 15.0. The molecule has 0 unspecified atom stereocenters. The second-order valence-corrected chi connectivity index (χ2v) is 8.95. The van der Waals surface area contributed by atoms with Crippen LogP contribution >= 0.6 is 0 Å². The van der Waals surface area contributed by atoms with Gasteiger partial charge >= 0.3 is 6.01 Å². The minimum absolute atomic E-state index is 0.126. The van der Waals surface area contributed by atoms with Crippen LogP contribution in [-0.4, -0.2) is 46.7 Å². The van der Waals surface area contributed by atoms with Crippen LogP contribution in [0.2, 0.25) is 0 Å². The molecular formula is C21H21N5O4S. The van der Waals surface area contributed by atoms with E-state index in [1.165, 1.54) is 22.8 Å². The summed E-state index contributed by atoms with van der Waals surface area (Å²) in [6.45, 7) is 0.582. The summed E-state index contributed by atoms with van der Waals surface area (Å²) in [5.74, 6) is 0.172. The van der Waals surface area contributed by atoms with Crippen molar-refractivity contribution in [2.24, 2.45) is 5.92 Å². The van der Waals surface area contributed by atoms with Gasteiger partial charge in [-0.25, -0.2) is 18.4 Å². The monoisotopic (exact) mass is 439 g/mol. The predicted molar refractivity (Wildman–Crippen MR) is 113 cm³/mol. The molecule has 1 aliphatic rings. The summed E-state index contributed by atoms with van der Waals surface area (Å²) < 4.78 is 32.3. The standard InChI is InChI=1S/C21H21N5O4S/c27-20(25-17-4-6-18(7-5-17)30-21-23-11-2-12-24-21)16-8-13-26(14-9-16)31(28,29)19-3-1-10-22-15-19/h1-7,10-12,15-16H,8-9,13-14H2,(H,25,27). The molecule has 0 saturated carbocycles. The van der Waals surface area contributed by atoms with Gasteiger partial charge in [0.1, 0.15) is 10.6 Å². The van der Waals surface area contributed by atoms with Crippen molar-refractivity contribution >= 4 is 21.6 Å². The van der Waals surface area contributed by atoms with Gasteiger partial charge in [-0.05, 0) is 55.3 Å². The number of hydrogen-bond donors (Lipinski definition) is 1. The average Bonchev–Trinajstić information content (AvgIpc) is 2.82. The number of nitrogens with zero attached hydrogens (tertiary/aromatic N) is 4. The third-order valence-electron chi connectivity index (χ3n) is 4.97. The molecular weight excluding hydrogens is 418 g/mol. The quantitative estimate of drug-likeness (QED) is 0.628. The zero-order valence-electron chi connectivity index (χ0n) is 16.6. The van der Waals surface area contributed by atoms with Crippen LogP contribution in [0.5, 0.6) is 11.8 Å². The number of hydrogen-bond acceptors (Lipinski definition) is 7. The molecule has 0 bridgehead atoms. The first-order valence-electron chi connectivity index (χ1n) is 9.78. The van der Waals surface area contributed by atoms with Crippen LogP contribution < -0.4 is 10.1 Å². The molecule has 4 rings (SSSR count). The SMILES string of the molecule is O=C(Nc1ccc(Oc2ncccn2)cc1)C1CCN(S(=O)(=O)c2cccnc2)CC1. The number of carbonyl (C=O) groups is 1. The lowest BCUT2D eigenvalue weighted by atomic mass is 9.97. The van der Waals surface area contributed by atoms with Crippen molar-refractivity contribution in [3.05, 3.63) is 67.3 Å². The van der Waals surface area contributed by atoms with E-state index in [1.54, 1.807) is 48.8 Å². The lowest BCUT2D eigenvalue weighted by Gasteiger charge is -2.30. The first-order valence-corrected chi connectivity index (χ1v) is 11.2. The van der Waals surface area contributed by atoms with Crippen molar-refractivity contribution in [1.29, 1.82) is 0 Å².